The number of benzene rings is 1. The number of nitrogens with zero attached hydrogens (tertiary/aromatic N) is 4. The van der Waals surface area contributed by atoms with Crippen LogP contribution in [0.4, 0.5) is 5.82 Å². The Kier molecular flexibility index (Phi) is 4.93. The lowest BCUT2D eigenvalue weighted by atomic mass is 10.1. The van der Waals surface area contributed by atoms with E-state index in [1.807, 2.05) is 38.1 Å². The van der Waals surface area contributed by atoms with E-state index in [1.54, 1.807) is 12.6 Å². The van der Waals surface area contributed by atoms with E-state index in [1.165, 1.54) is 0 Å². The zero-order chi connectivity index (χ0) is 19.9. The Bertz CT molecular complexity index is 1030. The van der Waals surface area contributed by atoms with Gasteiger partial charge in [-0.1, -0.05) is 0 Å². The average Bonchev–Trinajstić information content (AvgIpc) is 3.15. The van der Waals surface area contributed by atoms with Gasteiger partial charge in [0.2, 0.25) is 0 Å². The maximum Gasteiger partial charge on any atom is 0.161 e. The van der Waals surface area contributed by atoms with Crippen LogP contribution in [0.3, 0.4) is 0 Å². The number of imidazole rings is 1. The maximum atomic E-state index is 12.4. The molecule has 3 aromatic rings. The summed E-state index contributed by atoms with van der Waals surface area (Å²) in [5, 5.41) is 0. The molecule has 2 atom stereocenters. The van der Waals surface area contributed by atoms with Crippen LogP contribution < -0.4 is 4.90 Å². The van der Waals surface area contributed by atoms with Crippen molar-refractivity contribution in [2.24, 2.45) is 0 Å². The van der Waals surface area contributed by atoms with Gasteiger partial charge >= 0.3 is 0 Å². The summed E-state index contributed by atoms with van der Waals surface area (Å²) >= 11 is 0. The molecule has 0 aliphatic carbocycles. The number of rotatable bonds is 4. The van der Waals surface area contributed by atoms with Crippen LogP contribution in [0.25, 0.3) is 22.4 Å². The van der Waals surface area contributed by atoms with E-state index in [0.29, 0.717) is 19.0 Å². The van der Waals surface area contributed by atoms with E-state index in [4.69, 9.17) is 14.7 Å². The standard InChI is InChI=1S/C20H25N5O2S/c1-13-11-27-8-7-25(13)18-10-17(20(2,3)28(4)26)23-19(24-18)14-5-6-15-16(9-14)22-12-21-15/h5-6,9-10,12-13H,7-8,11H2,1-4H3,(H,21,22)/t13-,28?/m0/s1. The number of aromatic nitrogens is 4. The zero-order valence-corrected chi connectivity index (χ0v) is 17.4. The first kappa shape index (κ1) is 19.0. The lowest BCUT2D eigenvalue weighted by Gasteiger charge is -2.35. The maximum absolute atomic E-state index is 12.4. The third-order valence-electron chi connectivity index (χ3n) is 5.39. The smallest absolute Gasteiger partial charge is 0.161 e. The third kappa shape index (κ3) is 3.42. The zero-order valence-electron chi connectivity index (χ0n) is 16.6. The SMILES string of the molecule is C[C@H]1COCCN1c1cc(C(C)(C)S(C)=O)nc(-c2ccc3nc[nH]c3c2)n1. The van der Waals surface area contributed by atoms with Crippen LogP contribution in [-0.2, 0) is 20.3 Å². The van der Waals surface area contributed by atoms with E-state index in [-0.39, 0.29) is 6.04 Å². The van der Waals surface area contributed by atoms with E-state index in [2.05, 4.69) is 21.8 Å². The number of fused-ring (bicyclic) bond motifs is 1. The summed E-state index contributed by atoms with van der Waals surface area (Å²) < 4.78 is 17.4. The minimum absolute atomic E-state index is 0.217. The highest BCUT2D eigenvalue weighted by Gasteiger charge is 2.30. The molecule has 0 saturated carbocycles. The quantitative estimate of drug-likeness (QED) is 0.726. The number of hydrogen-bond acceptors (Lipinski definition) is 6. The van der Waals surface area contributed by atoms with Crippen LogP contribution in [0.5, 0.6) is 0 Å². The monoisotopic (exact) mass is 399 g/mol. The average molecular weight is 400 g/mol. The summed E-state index contributed by atoms with van der Waals surface area (Å²) in [5.74, 6) is 1.47. The first-order valence-corrected chi connectivity index (χ1v) is 10.9. The van der Waals surface area contributed by atoms with Crippen molar-refractivity contribution < 1.29 is 8.95 Å². The fraction of sp³-hybridized carbons (Fsp3) is 0.450. The molecule has 148 valence electrons. The predicted octanol–water partition coefficient (Wildman–Crippen LogP) is 2.86. The second-order valence-electron chi connectivity index (χ2n) is 7.65. The largest absolute Gasteiger partial charge is 0.377 e. The minimum atomic E-state index is -1.08. The van der Waals surface area contributed by atoms with Crippen LogP contribution in [0, 0.1) is 0 Å². The Labute approximate surface area is 167 Å². The highest BCUT2D eigenvalue weighted by Crippen LogP contribution is 2.31. The number of anilines is 1. The van der Waals surface area contributed by atoms with Gasteiger partial charge in [0.25, 0.3) is 0 Å². The van der Waals surface area contributed by atoms with Gasteiger partial charge in [0.1, 0.15) is 5.82 Å². The molecule has 7 nitrogen and oxygen atoms in total. The van der Waals surface area contributed by atoms with Gasteiger partial charge in [-0.25, -0.2) is 15.0 Å². The predicted molar refractivity (Wildman–Crippen MR) is 112 cm³/mol. The van der Waals surface area contributed by atoms with Gasteiger partial charge in [-0.3, -0.25) is 4.21 Å². The number of H-pyrrole nitrogens is 1. The molecule has 0 spiro atoms. The van der Waals surface area contributed by atoms with Gasteiger partial charge in [0.05, 0.1) is 47.1 Å². The first-order valence-electron chi connectivity index (χ1n) is 9.37. The molecule has 2 aromatic heterocycles. The van der Waals surface area contributed by atoms with Crippen molar-refractivity contribution in [2.75, 3.05) is 30.9 Å². The molecule has 0 amide bonds. The fourth-order valence-corrected chi connectivity index (χ4v) is 3.71. The summed E-state index contributed by atoms with van der Waals surface area (Å²) in [7, 11) is -1.08. The van der Waals surface area contributed by atoms with E-state index < -0.39 is 15.5 Å². The van der Waals surface area contributed by atoms with Gasteiger partial charge in [0.15, 0.2) is 5.82 Å². The van der Waals surface area contributed by atoms with Crippen molar-refractivity contribution in [3.63, 3.8) is 0 Å². The molecule has 4 rings (SSSR count). The second-order valence-corrected chi connectivity index (χ2v) is 9.58. The van der Waals surface area contributed by atoms with Crippen molar-refractivity contribution in [3.8, 4) is 11.4 Å². The molecule has 28 heavy (non-hydrogen) atoms. The summed E-state index contributed by atoms with van der Waals surface area (Å²) in [6.45, 7) is 8.15. The molecule has 0 radical (unpaired) electrons. The Morgan fingerprint density at radius 1 is 1.29 bits per heavy atom. The number of morpholine rings is 1. The summed E-state index contributed by atoms with van der Waals surface area (Å²) in [4.78, 5) is 19.3. The lowest BCUT2D eigenvalue weighted by molar-refractivity contribution is 0.0985. The van der Waals surface area contributed by atoms with Crippen LogP contribution in [0.2, 0.25) is 0 Å². The first-order chi connectivity index (χ1) is 13.4. The molecule has 1 saturated heterocycles. The molecule has 1 fully saturated rings. The Morgan fingerprint density at radius 3 is 2.86 bits per heavy atom. The van der Waals surface area contributed by atoms with Gasteiger partial charge < -0.3 is 14.6 Å². The molecular formula is C20H25N5O2S. The molecule has 0 bridgehead atoms. The van der Waals surface area contributed by atoms with E-state index in [9.17, 15) is 4.21 Å². The van der Waals surface area contributed by atoms with Crippen LogP contribution in [0.15, 0.2) is 30.6 Å². The van der Waals surface area contributed by atoms with Crippen molar-refractivity contribution in [2.45, 2.75) is 31.6 Å². The normalized spacial score (nSPS) is 19.1. The van der Waals surface area contributed by atoms with Gasteiger partial charge in [-0.2, -0.15) is 0 Å². The van der Waals surface area contributed by atoms with Crippen molar-refractivity contribution in [1.82, 2.24) is 19.9 Å². The second kappa shape index (κ2) is 7.25. The molecule has 3 heterocycles. The number of hydrogen-bond donors (Lipinski definition) is 1. The molecule has 8 heteroatoms. The summed E-state index contributed by atoms with van der Waals surface area (Å²) in [6, 6.07) is 8.13. The summed E-state index contributed by atoms with van der Waals surface area (Å²) in [6.07, 6.45) is 3.39. The molecule has 1 aromatic carbocycles. The molecule has 1 unspecified atom stereocenters. The third-order valence-corrected chi connectivity index (χ3v) is 7.03. The van der Waals surface area contributed by atoms with Crippen LogP contribution >= 0.6 is 0 Å². The molecule has 1 aliphatic heterocycles. The molecule has 1 aliphatic rings. The Morgan fingerprint density at radius 2 is 2.11 bits per heavy atom. The van der Waals surface area contributed by atoms with Crippen molar-refractivity contribution in [3.05, 3.63) is 36.3 Å². The van der Waals surface area contributed by atoms with Crippen LogP contribution in [0.1, 0.15) is 26.5 Å². The topological polar surface area (TPSA) is 84.0 Å². The number of aromatic amines is 1. The fourth-order valence-electron chi connectivity index (χ4n) is 3.31. The number of nitrogens with one attached hydrogen (secondary N) is 1. The molecule has 1 N–H and O–H groups in total. The highest BCUT2D eigenvalue weighted by molar-refractivity contribution is 7.85. The van der Waals surface area contributed by atoms with E-state index >= 15 is 0 Å². The number of ether oxygens (including phenoxy) is 1. The van der Waals surface area contributed by atoms with Gasteiger partial charge in [0, 0.05) is 35.2 Å². The van der Waals surface area contributed by atoms with Crippen molar-refractivity contribution in [1.29, 1.82) is 0 Å². The Hall–Kier alpha value is -2.32. The lowest BCUT2D eigenvalue weighted by Crippen LogP contribution is -2.44. The summed E-state index contributed by atoms with van der Waals surface area (Å²) in [5.41, 5.74) is 3.51. The van der Waals surface area contributed by atoms with Crippen LogP contribution in [-0.4, -0.2) is 56.2 Å². The van der Waals surface area contributed by atoms with Gasteiger partial charge in [-0.05, 0) is 39.0 Å². The minimum Gasteiger partial charge on any atom is -0.377 e. The van der Waals surface area contributed by atoms with E-state index in [0.717, 1.165) is 34.7 Å². The van der Waals surface area contributed by atoms with Crippen molar-refractivity contribution >= 4 is 27.7 Å². The molecular weight excluding hydrogens is 374 g/mol. The van der Waals surface area contributed by atoms with Gasteiger partial charge in [-0.15, -0.1) is 0 Å². The highest BCUT2D eigenvalue weighted by atomic mass is 32.2. The Balaban J connectivity index is 1.86.